The molecule has 0 saturated carbocycles. The number of hydrogen-bond acceptors (Lipinski definition) is 2. The van der Waals surface area contributed by atoms with E-state index in [9.17, 15) is 0 Å². The van der Waals surface area contributed by atoms with Gasteiger partial charge in [-0.2, -0.15) is 0 Å². The fourth-order valence-electron chi connectivity index (χ4n) is 3.07. The van der Waals surface area contributed by atoms with Gasteiger partial charge < -0.3 is 10.1 Å². The topological polar surface area (TPSA) is 21.3 Å². The normalized spacial score (nSPS) is 27.2. The highest BCUT2D eigenvalue weighted by molar-refractivity contribution is 4.88. The van der Waals surface area contributed by atoms with Gasteiger partial charge in [-0.15, -0.1) is 0 Å². The van der Waals surface area contributed by atoms with Crippen molar-refractivity contribution in [1.82, 2.24) is 5.32 Å². The average molecular weight is 255 g/mol. The lowest BCUT2D eigenvalue weighted by molar-refractivity contribution is -0.0227. The van der Waals surface area contributed by atoms with Gasteiger partial charge in [-0.3, -0.25) is 0 Å². The Bertz CT molecular complexity index is 226. The molecule has 0 aromatic rings. The third kappa shape index (κ3) is 5.71. The predicted molar refractivity (Wildman–Crippen MR) is 78.9 cm³/mol. The third-order valence-electron chi connectivity index (χ3n) is 3.96. The third-order valence-corrected chi connectivity index (χ3v) is 3.96. The van der Waals surface area contributed by atoms with E-state index in [4.69, 9.17) is 4.74 Å². The molecule has 2 heteroatoms. The van der Waals surface area contributed by atoms with Crippen LogP contribution < -0.4 is 5.32 Å². The number of hydrogen-bond donors (Lipinski definition) is 1. The van der Waals surface area contributed by atoms with E-state index in [-0.39, 0.29) is 5.54 Å². The molecule has 0 aromatic heterocycles. The molecule has 2 nitrogen and oxygen atoms in total. The zero-order valence-electron chi connectivity index (χ0n) is 13.1. The highest BCUT2D eigenvalue weighted by atomic mass is 16.5. The molecule has 0 bridgehead atoms. The standard InChI is InChI=1S/C16H33NO/c1-6-8-14(2)11-16(9-7-10-18-13-16)12-17-15(3,4)5/h14,17H,6-13H2,1-5H3. The van der Waals surface area contributed by atoms with Crippen molar-refractivity contribution in [3.05, 3.63) is 0 Å². The molecule has 108 valence electrons. The summed E-state index contributed by atoms with van der Waals surface area (Å²) in [6, 6.07) is 0. The van der Waals surface area contributed by atoms with Gasteiger partial charge in [-0.1, -0.05) is 26.7 Å². The second-order valence-corrected chi connectivity index (χ2v) is 7.36. The Labute approximate surface area is 114 Å². The van der Waals surface area contributed by atoms with Gasteiger partial charge in [0.2, 0.25) is 0 Å². The summed E-state index contributed by atoms with van der Waals surface area (Å²) in [5, 5.41) is 3.70. The highest BCUT2D eigenvalue weighted by Crippen LogP contribution is 2.36. The number of rotatable bonds is 6. The van der Waals surface area contributed by atoms with E-state index in [1.165, 1.54) is 32.1 Å². The van der Waals surface area contributed by atoms with Gasteiger partial charge in [-0.05, 0) is 46.0 Å². The highest BCUT2D eigenvalue weighted by Gasteiger charge is 2.34. The van der Waals surface area contributed by atoms with Crippen LogP contribution in [-0.2, 0) is 4.74 Å². The number of ether oxygens (including phenoxy) is 1. The van der Waals surface area contributed by atoms with Crippen molar-refractivity contribution in [1.29, 1.82) is 0 Å². The molecular formula is C16H33NO. The smallest absolute Gasteiger partial charge is 0.0534 e. The van der Waals surface area contributed by atoms with Crippen LogP contribution in [0.3, 0.4) is 0 Å². The lowest BCUT2D eigenvalue weighted by Crippen LogP contribution is -2.48. The van der Waals surface area contributed by atoms with Gasteiger partial charge in [-0.25, -0.2) is 0 Å². The van der Waals surface area contributed by atoms with Crippen molar-refractivity contribution < 1.29 is 4.74 Å². The molecule has 0 aromatic carbocycles. The molecular weight excluding hydrogens is 222 g/mol. The summed E-state index contributed by atoms with van der Waals surface area (Å²) in [5.41, 5.74) is 0.582. The molecule has 0 amide bonds. The first-order valence-electron chi connectivity index (χ1n) is 7.70. The zero-order valence-corrected chi connectivity index (χ0v) is 13.1. The van der Waals surface area contributed by atoms with Crippen LogP contribution in [0.25, 0.3) is 0 Å². The van der Waals surface area contributed by atoms with Crippen LogP contribution in [0.15, 0.2) is 0 Å². The van der Waals surface area contributed by atoms with E-state index < -0.39 is 0 Å². The molecule has 2 atom stereocenters. The van der Waals surface area contributed by atoms with Gasteiger partial charge in [0.15, 0.2) is 0 Å². The second kappa shape index (κ2) is 6.91. The first-order valence-corrected chi connectivity index (χ1v) is 7.70. The Morgan fingerprint density at radius 1 is 1.33 bits per heavy atom. The van der Waals surface area contributed by atoms with Crippen LogP contribution >= 0.6 is 0 Å². The fraction of sp³-hybridized carbons (Fsp3) is 1.00. The second-order valence-electron chi connectivity index (χ2n) is 7.36. The quantitative estimate of drug-likeness (QED) is 0.774. The van der Waals surface area contributed by atoms with Gasteiger partial charge in [0, 0.05) is 24.1 Å². The lowest BCUT2D eigenvalue weighted by Gasteiger charge is -2.41. The van der Waals surface area contributed by atoms with Gasteiger partial charge in [0.1, 0.15) is 0 Å². The first-order chi connectivity index (χ1) is 8.37. The average Bonchev–Trinajstić information content (AvgIpc) is 2.27. The maximum absolute atomic E-state index is 5.79. The van der Waals surface area contributed by atoms with Crippen LogP contribution in [0.5, 0.6) is 0 Å². The van der Waals surface area contributed by atoms with Gasteiger partial charge in [0.25, 0.3) is 0 Å². The van der Waals surface area contributed by atoms with Crippen LogP contribution in [0, 0.1) is 11.3 Å². The molecule has 1 saturated heterocycles. The van der Waals surface area contributed by atoms with E-state index in [1.807, 2.05) is 0 Å². The Morgan fingerprint density at radius 3 is 2.56 bits per heavy atom. The van der Waals surface area contributed by atoms with Crippen molar-refractivity contribution in [2.24, 2.45) is 11.3 Å². The van der Waals surface area contributed by atoms with Crippen molar-refractivity contribution in [3.63, 3.8) is 0 Å². The summed E-state index contributed by atoms with van der Waals surface area (Å²) in [7, 11) is 0. The summed E-state index contributed by atoms with van der Waals surface area (Å²) in [6.07, 6.45) is 6.50. The van der Waals surface area contributed by atoms with Crippen molar-refractivity contribution >= 4 is 0 Å². The molecule has 1 aliphatic rings. The predicted octanol–water partition coefficient (Wildman–Crippen LogP) is 4.00. The minimum absolute atomic E-state index is 0.207. The molecule has 0 aliphatic carbocycles. The van der Waals surface area contributed by atoms with Crippen molar-refractivity contribution in [3.8, 4) is 0 Å². The summed E-state index contributed by atoms with van der Waals surface area (Å²) in [6.45, 7) is 14.4. The fourth-order valence-corrected chi connectivity index (χ4v) is 3.07. The Hall–Kier alpha value is -0.0800. The molecule has 1 heterocycles. The van der Waals surface area contributed by atoms with E-state index in [2.05, 4.69) is 39.9 Å². The van der Waals surface area contributed by atoms with Gasteiger partial charge >= 0.3 is 0 Å². The van der Waals surface area contributed by atoms with Crippen LogP contribution in [-0.4, -0.2) is 25.3 Å². The van der Waals surface area contributed by atoms with E-state index in [0.29, 0.717) is 5.41 Å². The summed E-state index contributed by atoms with van der Waals surface area (Å²) in [4.78, 5) is 0. The monoisotopic (exact) mass is 255 g/mol. The van der Waals surface area contributed by atoms with Crippen LogP contribution in [0.1, 0.15) is 66.7 Å². The largest absolute Gasteiger partial charge is 0.381 e. The molecule has 1 aliphatic heterocycles. The summed E-state index contributed by atoms with van der Waals surface area (Å²) in [5.74, 6) is 0.818. The Balaban J connectivity index is 2.57. The maximum atomic E-state index is 5.79. The maximum Gasteiger partial charge on any atom is 0.0534 e. The molecule has 1 N–H and O–H groups in total. The molecule has 1 rings (SSSR count). The minimum atomic E-state index is 0.207. The first kappa shape index (κ1) is 16.0. The van der Waals surface area contributed by atoms with Crippen LogP contribution in [0.4, 0.5) is 0 Å². The molecule has 0 radical (unpaired) electrons. The van der Waals surface area contributed by atoms with Gasteiger partial charge in [0.05, 0.1) is 6.61 Å². The molecule has 0 spiro atoms. The number of nitrogens with one attached hydrogen (secondary N) is 1. The van der Waals surface area contributed by atoms with Crippen molar-refractivity contribution in [2.45, 2.75) is 72.3 Å². The molecule has 18 heavy (non-hydrogen) atoms. The molecule has 1 fully saturated rings. The summed E-state index contributed by atoms with van der Waals surface area (Å²) < 4.78 is 5.79. The van der Waals surface area contributed by atoms with Crippen LogP contribution in [0.2, 0.25) is 0 Å². The van der Waals surface area contributed by atoms with E-state index in [0.717, 1.165) is 25.7 Å². The van der Waals surface area contributed by atoms with E-state index >= 15 is 0 Å². The minimum Gasteiger partial charge on any atom is -0.381 e. The Kier molecular flexibility index (Phi) is 6.13. The lowest BCUT2D eigenvalue weighted by atomic mass is 9.74. The summed E-state index contributed by atoms with van der Waals surface area (Å²) >= 11 is 0. The molecule has 2 unspecified atom stereocenters. The van der Waals surface area contributed by atoms with E-state index in [1.54, 1.807) is 0 Å². The Morgan fingerprint density at radius 2 is 2.06 bits per heavy atom. The zero-order chi connectivity index (χ0) is 13.6. The SMILES string of the molecule is CCCC(C)CC1(CNC(C)(C)C)CCCOC1. The van der Waals surface area contributed by atoms with Crippen molar-refractivity contribution in [2.75, 3.05) is 19.8 Å².